The molecule has 0 aliphatic carbocycles. The Labute approximate surface area is 136 Å². The van der Waals surface area contributed by atoms with Crippen molar-refractivity contribution < 1.29 is 13.6 Å². The van der Waals surface area contributed by atoms with Gasteiger partial charge in [-0.15, -0.1) is 0 Å². The predicted molar refractivity (Wildman–Crippen MR) is 87.7 cm³/mol. The topological polar surface area (TPSA) is 59.3 Å². The summed E-state index contributed by atoms with van der Waals surface area (Å²) in [5, 5.41) is 3.22. The summed E-state index contributed by atoms with van der Waals surface area (Å²) in [6.07, 6.45) is 0. The molecule has 1 amide bonds. The van der Waals surface area contributed by atoms with Crippen LogP contribution in [0.15, 0.2) is 45.6 Å². The quantitative estimate of drug-likeness (QED) is 0.747. The third-order valence-corrected chi connectivity index (χ3v) is 4.35. The third kappa shape index (κ3) is 2.05. The molecule has 1 aromatic heterocycles. The molecular formula is C19H14FNO3. The van der Waals surface area contributed by atoms with E-state index in [0.29, 0.717) is 16.5 Å². The number of hydrogen-bond donors (Lipinski definition) is 1. The second kappa shape index (κ2) is 5.03. The Morgan fingerprint density at radius 3 is 2.50 bits per heavy atom. The maximum atomic E-state index is 13.2. The summed E-state index contributed by atoms with van der Waals surface area (Å²) >= 11 is 0. The van der Waals surface area contributed by atoms with Gasteiger partial charge < -0.3 is 9.73 Å². The second-order valence-corrected chi connectivity index (χ2v) is 6.09. The van der Waals surface area contributed by atoms with Crippen LogP contribution < -0.4 is 10.7 Å². The third-order valence-electron chi connectivity index (χ3n) is 4.35. The molecule has 4 nitrogen and oxygen atoms in total. The number of fused-ring (bicyclic) bond motifs is 2. The highest BCUT2D eigenvalue weighted by atomic mass is 19.1. The van der Waals surface area contributed by atoms with E-state index in [2.05, 4.69) is 5.32 Å². The largest absolute Gasteiger partial charge is 0.450 e. The van der Waals surface area contributed by atoms with Crippen molar-refractivity contribution in [2.45, 2.75) is 19.9 Å². The highest BCUT2D eigenvalue weighted by molar-refractivity contribution is 5.99. The van der Waals surface area contributed by atoms with E-state index < -0.39 is 11.9 Å². The van der Waals surface area contributed by atoms with Gasteiger partial charge >= 0.3 is 0 Å². The normalized spacial score (nSPS) is 16.3. The molecule has 0 bridgehead atoms. The minimum absolute atomic E-state index is 0.0341. The van der Waals surface area contributed by atoms with Gasteiger partial charge in [0.2, 0.25) is 5.76 Å². The van der Waals surface area contributed by atoms with Gasteiger partial charge in [0.1, 0.15) is 11.4 Å². The van der Waals surface area contributed by atoms with Crippen molar-refractivity contribution >= 4 is 16.9 Å². The van der Waals surface area contributed by atoms with Crippen molar-refractivity contribution in [1.29, 1.82) is 0 Å². The lowest BCUT2D eigenvalue weighted by Gasteiger charge is -2.12. The van der Waals surface area contributed by atoms with Gasteiger partial charge in [-0.1, -0.05) is 18.2 Å². The maximum absolute atomic E-state index is 13.2. The summed E-state index contributed by atoms with van der Waals surface area (Å²) in [5.74, 6) is -0.774. The smallest absolute Gasteiger partial charge is 0.288 e. The van der Waals surface area contributed by atoms with Crippen LogP contribution in [0, 0.1) is 19.7 Å². The number of hydrogen-bond acceptors (Lipinski definition) is 3. The monoisotopic (exact) mass is 323 g/mol. The molecule has 1 atom stereocenters. The van der Waals surface area contributed by atoms with Gasteiger partial charge in [0.05, 0.1) is 17.0 Å². The molecule has 1 aliphatic heterocycles. The fourth-order valence-electron chi connectivity index (χ4n) is 3.31. The molecule has 2 heterocycles. The standard InChI is InChI=1S/C19H14FNO3/c1-9-7-10(2)14-13(8-9)24-18-15(17(14)22)16(21-19(18)23)11-3-5-12(20)6-4-11/h3-8,16H,1-2H3,(H,21,23). The minimum atomic E-state index is -0.630. The molecule has 0 radical (unpaired) electrons. The molecule has 0 fully saturated rings. The van der Waals surface area contributed by atoms with Crippen molar-refractivity contribution in [3.05, 3.63) is 80.5 Å². The van der Waals surface area contributed by atoms with Crippen molar-refractivity contribution in [1.82, 2.24) is 5.32 Å². The number of benzene rings is 2. The van der Waals surface area contributed by atoms with E-state index in [0.717, 1.165) is 11.1 Å². The first-order valence-electron chi connectivity index (χ1n) is 7.60. The van der Waals surface area contributed by atoms with Crippen LogP contribution >= 0.6 is 0 Å². The molecule has 0 saturated heterocycles. The summed E-state index contributed by atoms with van der Waals surface area (Å²) in [6, 6.07) is 8.75. The Morgan fingerprint density at radius 2 is 1.79 bits per heavy atom. The van der Waals surface area contributed by atoms with E-state index in [9.17, 15) is 14.0 Å². The van der Waals surface area contributed by atoms with Crippen LogP contribution in [0.3, 0.4) is 0 Å². The van der Waals surface area contributed by atoms with Gasteiger partial charge in [0.25, 0.3) is 5.91 Å². The zero-order chi connectivity index (χ0) is 17.0. The van der Waals surface area contributed by atoms with Gasteiger partial charge in [-0.25, -0.2) is 4.39 Å². The van der Waals surface area contributed by atoms with Crippen molar-refractivity contribution in [2.75, 3.05) is 0 Å². The number of carbonyl (C=O) groups excluding carboxylic acids is 1. The first-order chi connectivity index (χ1) is 11.5. The fourth-order valence-corrected chi connectivity index (χ4v) is 3.31. The van der Waals surface area contributed by atoms with E-state index in [4.69, 9.17) is 4.42 Å². The van der Waals surface area contributed by atoms with Crippen molar-refractivity contribution in [3.63, 3.8) is 0 Å². The number of amides is 1. The zero-order valence-electron chi connectivity index (χ0n) is 13.1. The van der Waals surface area contributed by atoms with Crippen LogP contribution in [-0.4, -0.2) is 5.91 Å². The number of carbonyl (C=O) groups is 1. The molecule has 24 heavy (non-hydrogen) atoms. The van der Waals surface area contributed by atoms with Crippen LogP contribution in [-0.2, 0) is 0 Å². The Kier molecular flexibility index (Phi) is 3.06. The average Bonchev–Trinajstić information content (AvgIpc) is 2.85. The predicted octanol–water partition coefficient (Wildman–Crippen LogP) is 3.38. The number of aryl methyl sites for hydroxylation is 2. The highest BCUT2D eigenvalue weighted by Crippen LogP contribution is 2.32. The lowest BCUT2D eigenvalue weighted by atomic mass is 9.97. The molecule has 4 rings (SSSR count). The summed E-state index contributed by atoms with van der Waals surface area (Å²) < 4.78 is 18.9. The Bertz CT molecular complexity index is 1050. The molecule has 0 spiro atoms. The van der Waals surface area contributed by atoms with E-state index in [1.54, 1.807) is 18.2 Å². The highest BCUT2D eigenvalue weighted by Gasteiger charge is 2.36. The molecule has 1 aliphatic rings. The molecule has 1 unspecified atom stereocenters. The van der Waals surface area contributed by atoms with Crippen molar-refractivity contribution in [3.8, 4) is 0 Å². The lowest BCUT2D eigenvalue weighted by molar-refractivity contribution is 0.0938. The second-order valence-electron chi connectivity index (χ2n) is 6.09. The molecular weight excluding hydrogens is 309 g/mol. The van der Waals surface area contributed by atoms with Crippen molar-refractivity contribution in [2.24, 2.45) is 0 Å². The van der Waals surface area contributed by atoms with Gasteiger partial charge in [-0.2, -0.15) is 0 Å². The Balaban J connectivity index is 2.02. The molecule has 2 aromatic carbocycles. The Morgan fingerprint density at radius 1 is 1.08 bits per heavy atom. The molecule has 3 aromatic rings. The molecule has 1 N–H and O–H groups in total. The number of halogens is 1. The van der Waals surface area contributed by atoms with Gasteiger partial charge in [0.15, 0.2) is 5.43 Å². The summed E-state index contributed by atoms with van der Waals surface area (Å²) in [7, 11) is 0. The van der Waals surface area contributed by atoms with E-state index in [-0.39, 0.29) is 22.6 Å². The van der Waals surface area contributed by atoms with Gasteiger partial charge in [-0.05, 0) is 48.7 Å². The molecule has 5 heteroatoms. The summed E-state index contributed by atoms with van der Waals surface area (Å²) in [4.78, 5) is 25.3. The summed E-state index contributed by atoms with van der Waals surface area (Å²) in [6.45, 7) is 3.75. The number of rotatable bonds is 1. The number of nitrogens with one attached hydrogen (secondary N) is 1. The van der Waals surface area contributed by atoms with E-state index in [1.807, 2.05) is 19.9 Å². The Hall–Kier alpha value is -2.95. The van der Waals surface area contributed by atoms with Gasteiger partial charge in [-0.3, -0.25) is 9.59 Å². The first-order valence-corrected chi connectivity index (χ1v) is 7.60. The lowest BCUT2D eigenvalue weighted by Crippen LogP contribution is -2.22. The van der Waals surface area contributed by atoms with Crippen LogP contribution in [0.4, 0.5) is 4.39 Å². The van der Waals surface area contributed by atoms with Crippen LogP contribution in [0.1, 0.15) is 38.9 Å². The average molecular weight is 323 g/mol. The van der Waals surface area contributed by atoms with Crippen LogP contribution in [0.2, 0.25) is 0 Å². The molecule has 120 valence electrons. The fraction of sp³-hybridized carbons (Fsp3) is 0.158. The maximum Gasteiger partial charge on any atom is 0.288 e. The SMILES string of the molecule is Cc1cc(C)c2c(=O)c3c(oc2c1)C(=O)NC3c1ccc(F)cc1. The van der Waals surface area contributed by atoms with Crippen LogP contribution in [0.25, 0.3) is 11.0 Å². The zero-order valence-corrected chi connectivity index (χ0v) is 13.1. The van der Waals surface area contributed by atoms with Crippen LogP contribution in [0.5, 0.6) is 0 Å². The van der Waals surface area contributed by atoms with E-state index in [1.165, 1.54) is 12.1 Å². The summed E-state index contributed by atoms with van der Waals surface area (Å²) in [5.41, 5.74) is 2.86. The first kappa shape index (κ1) is 14.6. The minimum Gasteiger partial charge on any atom is -0.450 e. The van der Waals surface area contributed by atoms with E-state index >= 15 is 0 Å². The molecule has 0 saturated carbocycles. The van der Waals surface area contributed by atoms with Gasteiger partial charge in [0, 0.05) is 0 Å².